The minimum absolute atomic E-state index is 0.178. The van der Waals surface area contributed by atoms with Crippen molar-refractivity contribution < 1.29 is 67.6 Å². The summed E-state index contributed by atoms with van der Waals surface area (Å²) in [5.41, 5.74) is 1.52. The van der Waals surface area contributed by atoms with E-state index in [0.29, 0.717) is 12.0 Å². The van der Waals surface area contributed by atoms with Gasteiger partial charge in [-0.25, -0.2) is 8.37 Å². The smallest absolute Gasteiger partial charge is 0.397 e. The summed E-state index contributed by atoms with van der Waals surface area (Å²) in [6, 6.07) is 17.5. The first kappa shape index (κ1) is 65.0. The zero-order chi connectivity index (χ0) is 53.7. The summed E-state index contributed by atoms with van der Waals surface area (Å²) in [6.45, 7) is 4.16. The number of allylic oxidation sites excluding steroid dienone is 1. The molecule has 16 nitrogen and oxygen atoms in total. The Morgan fingerprint density at radius 2 is 1.11 bits per heavy atom. The number of unbranched alkanes of at least 4 members (excludes halogenated alkanes) is 23. The molecular weight excluding hydrogens is 991 g/mol. The van der Waals surface area contributed by atoms with Crippen LogP contribution in [0, 0.1) is 0 Å². The van der Waals surface area contributed by atoms with E-state index in [4.69, 9.17) is 27.9 Å². The van der Waals surface area contributed by atoms with Gasteiger partial charge in [0.05, 0.1) is 38.6 Å². The zero-order valence-corrected chi connectivity index (χ0v) is 46.3. The summed E-state index contributed by atoms with van der Waals surface area (Å²) in [5.74, 6) is -1.19. The highest BCUT2D eigenvalue weighted by atomic mass is 32.3. The monoisotopic (exact) mass is 1080 g/mol. The van der Waals surface area contributed by atoms with Crippen LogP contribution in [0.3, 0.4) is 0 Å². The van der Waals surface area contributed by atoms with Crippen molar-refractivity contribution in [3.63, 3.8) is 0 Å². The first-order chi connectivity index (χ1) is 35.7. The summed E-state index contributed by atoms with van der Waals surface area (Å²) in [4.78, 5) is 26.4. The van der Waals surface area contributed by atoms with Gasteiger partial charge in [-0.1, -0.05) is 228 Å². The largest absolute Gasteiger partial charge is 0.457 e. The number of ether oxygens (including phenoxy) is 5. The maximum absolute atomic E-state index is 13.9. The summed E-state index contributed by atoms with van der Waals surface area (Å²) in [5, 5.41) is 3.14. The lowest BCUT2D eigenvalue weighted by molar-refractivity contribution is -0.310. The van der Waals surface area contributed by atoms with Crippen LogP contribution in [0.4, 0.5) is 0 Å². The topological polar surface area (TPSA) is 220 Å². The Balaban J connectivity index is 1.87. The predicted molar refractivity (Wildman–Crippen MR) is 287 cm³/mol. The third kappa shape index (κ3) is 31.1. The molecule has 0 radical (unpaired) electrons. The van der Waals surface area contributed by atoms with Crippen LogP contribution in [0.15, 0.2) is 72.8 Å². The van der Waals surface area contributed by atoms with Gasteiger partial charge < -0.3 is 29.0 Å². The molecule has 0 spiro atoms. The quantitative estimate of drug-likeness (QED) is 0.0243. The van der Waals surface area contributed by atoms with Crippen LogP contribution >= 0.6 is 0 Å². The minimum Gasteiger partial charge on any atom is -0.457 e. The molecule has 18 heteroatoms. The highest BCUT2D eigenvalue weighted by Crippen LogP contribution is 2.32. The van der Waals surface area contributed by atoms with E-state index in [1.807, 2.05) is 42.5 Å². The van der Waals surface area contributed by atoms with E-state index >= 15 is 0 Å². The van der Waals surface area contributed by atoms with Crippen molar-refractivity contribution in [2.75, 3.05) is 13.2 Å². The lowest BCUT2D eigenvalue weighted by atomic mass is 9.98. The lowest BCUT2D eigenvalue weighted by Gasteiger charge is -2.44. The number of benzene rings is 2. The average molecular weight is 1080 g/mol. The second kappa shape index (κ2) is 39.1. The van der Waals surface area contributed by atoms with Gasteiger partial charge in [0, 0.05) is 13.3 Å². The number of rotatable bonds is 44. The molecule has 3 rings (SSSR count). The van der Waals surface area contributed by atoms with Gasteiger partial charge in [0.1, 0.15) is 18.3 Å². The molecule has 1 amide bonds. The Hall–Kier alpha value is -3.30. The van der Waals surface area contributed by atoms with Gasteiger partial charge in [0.2, 0.25) is 5.91 Å². The van der Waals surface area contributed by atoms with E-state index in [1.54, 1.807) is 30.3 Å². The van der Waals surface area contributed by atoms with Crippen LogP contribution in [0.5, 0.6) is 0 Å². The fourth-order valence-electron chi connectivity index (χ4n) is 9.06. The Morgan fingerprint density at radius 1 is 0.622 bits per heavy atom. The Morgan fingerprint density at radius 3 is 1.59 bits per heavy atom. The number of hydrogen-bond acceptors (Lipinski definition) is 13. The molecule has 1 heterocycles. The van der Waals surface area contributed by atoms with E-state index in [-0.39, 0.29) is 32.1 Å². The van der Waals surface area contributed by atoms with Crippen molar-refractivity contribution in [1.82, 2.24) is 5.32 Å². The Kier molecular flexibility index (Phi) is 34.4. The van der Waals surface area contributed by atoms with Crippen LogP contribution in [0.2, 0.25) is 0 Å². The summed E-state index contributed by atoms with van der Waals surface area (Å²) < 4.78 is 109. The van der Waals surface area contributed by atoms with Gasteiger partial charge in [-0.15, -0.1) is 0 Å². The summed E-state index contributed by atoms with van der Waals surface area (Å²) in [7, 11) is -10.4. The third-order valence-corrected chi connectivity index (χ3v) is 14.0. The number of amides is 1. The van der Waals surface area contributed by atoms with Crippen LogP contribution in [0.25, 0.3) is 0 Å². The second-order valence-corrected chi connectivity index (χ2v) is 21.7. The van der Waals surface area contributed by atoms with Crippen molar-refractivity contribution >= 4 is 32.7 Å². The molecule has 3 N–H and O–H groups in total. The molecule has 74 heavy (non-hydrogen) atoms. The van der Waals surface area contributed by atoms with Gasteiger partial charge >= 0.3 is 26.8 Å². The molecule has 422 valence electrons. The molecule has 0 aliphatic carbocycles. The van der Waals surface area contributed by atoms with Gasteiger partial charge in [0.25, 0.3) is 0 Å². The van der Waals surface area contributed by atoms with Gasteiger partial charge in [-0.05, 0) is 30.4 Å². The van der Waals surface area contributed by atoms with E-state index in [9.17, 15) is 35.5 Å². The molecule has 2 aromatic carbocycles. The number of esters is 1. The highest BCUT2D eigenvalue weighted by molar-refractivity contribution is 7.81. The molecule has 0 bridgehead atoms. The zero-order valence-electron chi connectivity index (χ0n) is 44.7. The molecule has 7 atom stereocenters. The van der Waals surface area contributed by atoms with E-state index in [0.717, 1.165) is 57.4 Å². The number of hydrogen-bond donors (Lipinski definition) is 3. The van der Waals surface area contributed by atoms with E-state index in [1.165, 1.54) is 109 Å². The van der Waals surface area contributed by atoms with Crippen molar-refractivity contribution in [1.29, 1.82) is 0 Å². The predicted octanol–water partition coefficient (Wildman–Crippen LogP) is 12.1. The third-order valence-electron chi connectivity index (χ3n) is 13.1. The molecule has 1 fully saturated rings. The number of nitrogens with one attached hydrogen (secondary N) is 1. The van der Waals surface area contributed by atoms with Crippen molar-refractivity contribution in [3.8, 4) is 0 Å². The Labute approximate surface area is 444 Å². The van der Waals surface area contributed by atoms with Crippen molar-refractivity contribution in [2.45, 2.75) is 244 Å². The first-order valence-corrected chi connectivity index (χ1v) is 30.4. The van der Waals surface area contributed by atoms with Gasteiger partial charge in [-0.2, -0.15) is 16.8 Å². The summed E-state index contributed by atoms with van der Waals surface area (Å²) in [6.07, 6.45) is 24.1. The van der Waals surface area contributed by atoms with Crippen LogP contribution in [-0.2, 0) is 75.7 Å². The molecular formula is C56H91NO15S2. The summed E-state index contributed by atoms with van der Waals surface area (Å²) >= 11 is 0. The molecule has 2 aromatic rings. The fourth-order valence-corrected chi connectivity index (χ4v) is 9.86. The Bertz CT molecular complexity index is 2010. The van der Waals surface area contributed by atoms with Gasteiger partial charge in [-0.3, -0.25) is 18.7 Å². The number of carbonyl (C=O) groups is 2. The minimum atomic E-state index is -5.32. The average Bonchev–Trinajstić information content (AvgIpc) is 3.36. The molecule has 1 saturated heterocycles. The van der Waals surface area contributed by atoms with Crippen molar-refractivity contribution in [2.24, 2.45) is 0 Å². The second-order valence-electron chi connectivity index (χ2n) is 19.6. The van der Waals surface area contributed by atoms with Gasteiger partial charge in [0.15, 0.2) is 12.4 Å². The highest BCUT2D eigenvalue weighted by Gasteiger charge is 2.52. The lowest BCUT2D eigenvalue weighted by Crippen LogP contribution is -2.63. The van der Waals surface area contributed by atoms with Crippen LogP contribution < -0.4 is 5.32 Å². The molecule has 5 unspecified atom stereocenters. The first-order valence-electron chi connectivity index (χ1n) is 27.7. The molecule has 1 aliphatic heterocycles. The number of carbonyl (C=O) groups excluding carboxylic acids is 2. The van der Waals surface area contributed by atoms with Crippen molar-refractivity contribution in [3.05, 3.63) is 83.9 Å². The van der Waals surface area contributed by atoms with Crippen LogP contribution in [0.1, 0.15) is 199 Å². The molecule has 0 saturated carbocycles. The molecule has 1 aliphatic rings. The maximum Gasteiger partial charge on any atom is 0.397 e. The normalized spacial score (nSPS) is 19.1. The molecule has 0 aromatic heterocycles. The fraction of sp³-hybridized carbons (Fsp3) is 0.714. The van der Waals surface area contributed by atoms with E-state index < -0.39 is 76.2 Å². The maximum atomic E-state index is 13.9. The standard InChI is InChI=1S/C56H91NO15S2/c1-4-6-8-10-12-14-16-18-20-22-24-26-34-40-50(66-42-47-36-30-28-31-37-47)49(57-52(59)41-35-27-25-23-21-19-17-15-13-11-9-7-5-2)44-68-56-55(67-43-48-38-32-29-33-39-48)54(72-74(63,64)65)53(70-46(3)58)51(71-56)45-69-73(60,61)62/h28-34,36-40,49-51,53-56H,4-27,35,41-45H2,1-3H3,(H,57,59)(H,60,61,62)(H,63,64,65)/b40-34+/t49-,50+,51?,53?,54?,55?,56?/m0/s1. The SMILES string of the molecule is CCCCCCCCCCCCC/C=C/[C@@H](OCc1ccccc1)[C@H](COC1OC(COS(=O)(=O)O)C(OC(C)=O)C(OS(=O)(=O)O)C1OCc1ccccc1)NC(=O)CCCCCCCCCCCCCCC. The van der Waals surface area contributed by atoms with Crippen LogP contribution in [-0.4, -0.2) is 93.9 Å². The van der Waals surface area contributed by atoms with E-state index in [2.05, 4.69) is 23.3 Å².